The number of hydrogen-bond acceptors (Lipinski definition) is 10. The summed E-state index contributed by atoms with van der Waals surface area (Å²) in [6.45, 7) is 0. The van der Waals surface area contributed by atoms with Crippen LogP contribution in [0.2, 0.25) is 0 Å². The van der Waals surface area contributed by atoms with Crippen LogP contribution in [0.25, 0.3) is 0 Å². The number of benzene rings is 1. The van der Waals surface area contributed by atoms with E-state index in [1.165, 1.54) is 26.4 Å². The first kappa shape index (κ1) is 22.4. The van der Waals surface area contributed by atoms with Gasteiger partial charge in [0.05, 0.1) is 33.0 Å². The van der Waals surface area contributed by atoms with Crippen LogP contribution in [-0.2, 0) is 19.6 Å². The molecule has 0 aliphatic rings. The van der Waals surface area contributed by atoms with E-state index < -0.39 is 26.9 Å². The quantitative estimate of drug-likeness (QED) is 0.384. The molecule has 2 aromatic rings. The molecule has 0 spiro atoms. The Labute approximate surface area is 170 Å². The number of urea groups is 1. The normalized spacial score (nSPS) is 10.5. The zero-order valence-electron chi connectivity index (χ0n) is 16.0. The van der Waals surface area contributed by atoms with Crippen LogP contribution in [0.15, 0.2) is 29.2 Å². The van der Waals surface area contributed by atoms with Crippen molar-refractivity contribution in [3.05, 3.63) is 29.8 Å². The van der Waals surface area contributed by atoms with Crippen molar-refractivity contribution in [2.45, 2.75) is 4.90 Å². The molecule has 0 aliphatic carbocycles. The maximum Gasteiger partial charge on any atom is 0.339 e. The van der Waals surface area contributed by atoms with Gasteiger partial charge < -0.3 is 19.5 Å². The van der Waals surface area contributed by atoms with Gasteiger partial charge in [-0.25, -0.2) is 22.7 Å². The number of hydrogen-bond donors (Lipinski definition) is 3. The summed E-state index contributed by atoms with van der Waals surface area (Å²) in [4.78, 5) is 41.8. The van der Waals surface area contributed by atoms with E-state index in [1.54, 1.807) is 4.72 Å². The van der Waals surface area contributed by atoms with Gasteiger partial charge in [-0.05, 0) is 18.2 Å². The van der Waals surface area contributed by atoms with E-state index in [9.17, 15) is 22.8 Å². The van der Waals surface area contributed by atoms with E-state index in [2.05, 4.69) is 25.3 Å². The maximum atomic E-state index is 12.7. The molecule has 1 heterocycles. The second-order valence-electron chi connectivity index (χ2n) is 5.30. The van der Waals surface area contributed by atoms with Gasteiger partial charge in [-0.15, -0.1) is 0 Å². The zero-order valence-corrected chi connectivity index (χ0v) is 16.8. The van der Waals surface area contributed by atoms with Gasteiger partial charge in [0.25, 0.3) is 10.0 Å². The fourth-order valence-electron chi connectivity index (χ4n) is 2.15. The largest absolute Gasteiger partial charge is 0.481 e. The van der Waals surface area contributed by atoms with Gasteiger partial charge in [-0.2, -0.15) is 9.97 Å². The molecular formula is C16H17N5O8S. The van der Waals surface area contributed by atoms with E-state index in [0.29, 0.717) is 6.41 Å². The van der Waals surface area contributed by atoms with Gasteiger partial charge in [0.1, 0.15) is 4.90 Å². The predicted octanol–water partition coefficient (Wildman–Crippen LogP) is 0.359. The Balaban J connectivity index is 2.33. The fraction of sp³-hybridized carbons (Fsp3) is 0.188. The number of ether oxygens (including phenoxy) is 3. The Bertz CT molecular complexity index is 1050. The molecule has 3 amide bonds. The van der Waals surface area contributed by atoms with Gasteiger partial charge in [-0.1, -0.05) is 0 Å². The summed E-state index contributed by atoms with van der Waals surface area (Å²) in [5.74, 6) is -1.15. The first-order chi connectivity index (χ1) is 14.2. The molecular weight excluding hydrogens is 422 g/mol. The molecule has 160 valence electrons. The zero-order chi connectivity index (χ0) is 22.3. The van der Waals surface area contributed by atoms with Crippen LogP contribution in [0.5, 0.6) is 11.8 Å². The van der Waals surface area contributed by atoms with Crippen molar-refractivity contribution in [3.8, 4) is 11.8 Å². The third-order valence-electron chi connectivity index (χ3n) is 3.45. The Morgan fingerprint density at radius 3 is 2.20 bits per heavy atom. The van der Waals surface area contributed by atoms with E-state index in [-0.39, 0.29) is 29.0 Å². The van der Waals surface area contributed by atoms with Crippen LogP contribution in [0.3, 0.4) is 0 Å². The Hall–Kier alpha value is -3.94. The smallest absolute Gasteiger partial charge is 0.339 e. The molecule has 0 fully saturated rings. The summed E-state index contributed by atoms with van der Waals surface area (Å²) in [5, 5.41) is 4.37. The second kappa shape index (κ2) is 9.51. The summed E-state index contributed by atoms with van der Waals surface area (Å²) >= 11 is 0. The molecule has 0 saturated heterocycles. The number of rotatable bonds is 8. The van der Waals surface area contributed by atoms with Gasteiger partial charge in [0, 0.05) is 5.69 Å². The predicted molar refractivity (Wildman–Crippen MR) is 102 cm³/mol. The lowest BCUT2D eigenvalue weighted by molar-refractivity contribution is -0.105. The molecule has 1 aromatic carbocycles. The van der Waals surface area contributed by atoms with E-state index in [1.807, 2.05) is 0 Å². The average Bonchev–Trinajstić information content (AvgIpc) is 2.72. The van der Waals surface area contributed by atoms with Crippen LogP contribution < -0.4 is 24.8 Å². The molecule has 1 aromatic heterocycles. The first-order valence-electron chi connectivity index (χ1n) is 7.97. The fourth-order valence-corrected chi connectivity index (χ4v) is 3.28. The third-order valence-corrected chi connectivity index (χ3v) is 4.82. The number of methoxy groups -OCH3 is 3. The number of carbonyl (C=O) groups excluding carboxylic acids is 3. The van der Waals surface area contributed by atoms with E-state index in [0.717, 1.165) is 19.2 Å². The number of sulfonamides is 1. The SMILES string of the molecule is COC(=O)c1ccc(NC=O)cc1S(=O)(=O)NC(=O)Nc1nc(OC)cc(OC)n1. The summed E-state index contributed by atoms with van der Waals surface area (Å²) < 4.78 is 41.5. The maximum absolute atomic E-state index is 12.7. The van der Waals surface area contributed by atoms with Crippen molar-refractivity contribution in [2.24, 2.45) is 0 Å². The van der Waals surface area contributed by atoms with Crippen molar-refractivity contribution in [3.63, 3.8) is 0 Å². The highest BCUT2D eigenvalue weighted by atomic mass is 32.2. The van der Waals surface area contributed by atoms with Crippen LogP contribution in [0.4, 0.5) is 16.4 Å². The summed E-state index contributed by atoms with van der Waals surface area (Å²) in [6.07, 6.45) is 0.317. The number of amides is 3. The molecule has 0 bridgehead atoms. The van der Waals surface area contributed by atoms with Crippen LogP contribution in [0, 0.1) is 0 Å². The number of carbonyl (C=O) groups is 3. The van der Waals surface area contributed by atoms with Crippen molar-refractivity contribution in [1.82, 2.24) is 14.7 Å². The Morgan fingerprint density at radius 1 is 1.03 bits per heavy atom. The minimum atomic E-state index is -4.57. The molecule has 0 aliphatic heterocycles. The van der Waals surface area contributed by atoms with Crippen LogP contribution in [0.1, 0.15) is 10.4 Å². The summed E-state index contributed by atoms with van der Waals surface area (Å²) in [5.41, 5.74) is -0.284. The molecule has 3 N–H and O–H groups in total. The number of anilines is 2. The molecule has 30 heavy (non-hydrogen) atoms. The Morgan fingerprint density at radius 2 is 1.67 bits per heavy atom. The molecule has 0 atom stereocenters. The van der Waals surface area contributed by atoms with Crippen LogP contribution in [-0.4, -0.2) is 58.1 Å². The molecule has 0 unspecified atom stereocenters. The molecule has 2 rings (SSSR count). The van der Waals surface area contributed by atoms with E-state index in [4.69, 9.17) is 9.47 Å². The third kappa shape index (κ3) is 5.32. The summed E-state index contributed by atoms with van der Waals surface area (Å²) in [7, 11) is -0.867. The summed E-state index contributed by atoms with van der Waals surface area (Å²) in [6, 6.07) is 3.51. The number of nitrogens with zero attached hydrogens (tertiary/aromatic N) is 2. The lowest BCUT2D eigenvalue weighted by Crippen LogP contribution is -2.35. The molecule has 14 heteroatoms. The monoisotopic (exact) mass is 439 g/mol. The molecule has 0 saturated carbocycles. The first-order valence-corrected chi connectivity index (χ1v) is 9.45. The molecule has 0 radical (unpaired) electrons. The lowest BCUT2D eigenvalue weighted by Gasteiger charge is -2.12. The van der Waals surface area contributed by atoms with E-state index >= 15 is 0 Å². The standard InChI is InChI=1S/C16H17N5O8S/c1-27-12-7-13(28-2)19-15(18-12)20-16(24)21-30(25,26)11-6-9(17-8-22)4-5-10(11)14(23)29-3/h4-8H,1-3H3,(H,17,22)(H2,18,19,20,21,24). The highest BCUT2D eigenvalue weighted by Gasteiger charge is 2.26. The van der Waals surface area contributed by atoms with Crippen molar-refractivity contribution in [1.29, 1.82) is 0 Å². The highest BCUT2D eigenvalue weighted by molar-refractivity contribution is 7.90. The second-order valence-corrected chi connectivity index (χ2v) is 6.95. The van der Waals surface area contributed by atoms with Gasteiger partial charge in [0.2, 0.25) is 24.1 Å². The van der Waals surface area contributed by atoms with Crippen molar-refractivity contribution < 1.29 is 37.0 Å². The average molecular weight is 439 g/mol. The van der Waals surface area contributed by atoms with Gasteiger partial charge >= 0.3 is 12.0 Å². The topological polar surface area (TPSA) is 175 Å². The van der Waals surface area contributed by atoms with Gasteiger partial charge in [-0.3, -0.25) is 10.1 Å². The van der Waals surface area contributed by atoms with Gasteiger partial charge in [0.15, 0.2) is 0 Å². The van der Waals surface area contributed by atoms with Crippen LogP contribution >= 0.6 is 0 Å². The molecule has 13 nitrogen and oxygen atoms in total. The minimum Gasteiger partial charge on any atom is -0.481 e. The lowest BCUT2D eigenvalue weighted by atomic mass is 10.2. The number of nitrogens with one attached hydrogen (secondary N) is 3. The highest BCUT2D eigenvalue weighted by Crippen LogP contribution is 2.22. The Kier molecular flexibility index (Phi) is 7.08. The number of aromatic nitrogens is 2. The van der Waals surface area contributed by atoms with Crippen molar-refractivity contribution in [2.75, 3.05) is 32.0 Å². The number of esters is 1. The van der Waals surface area contributed by atoms with Crippen molar-refractivity contribution >= 4 is 40.1 Å². The minimum absolute atomic E-state index is 0.0561.